The summed E-state index contributed by atoms with van der Waals surface area (Å²) in [6.07, 6.45) is 0. The van der Waals surface area contributed by atoms with Gasteiger partial charge in [-0.3, -0.25) is 0 Å². The monoisotopic (exact) mass is 796 g/mol. The van der Waals surface area contributed by atoms with Crippen LogP contribution in [0.25, 0.3) is 56.7 Å². The average Bonchev–Trinajstić information content (AvgIpc) is 3.36. The SMILES string of the molecule is c1ccc(-c2cc(-c3ccccc3)nc(-c3nc(-c4cccc(N(c5ccccc5)c5ccccc5)c4)cc(-c4cccc(N(c5ccccc5)c5ccccc5)c4)n3)n2)cc1. The molecule has 0 aliphatic heterocycles. The van der Waals surface area contributed by atoms with E-state index in [2.05, 4.69) is 186 Å². The van der Waals surface area contributed by atoms with Crippen molar-refractivity contribution in [3.8, 4) is 56.7 Å². The van der Waals surface area contributed by atoms with Gasteiger partial charge in [0.05, 0.1) is 22.8 Å². The molecule has 0 saturated carbocycles. The lowest BCUT2D eigenvalue weighted by atomic mass is 10.0. The maximum Gasteiger partial charge on any atom is 0.198 e. The summed E-state index contributed by atoms with van der Waals surface area (Å²) in [5.41, 5.74) is 13.1. The second kappa shape index (κ2) is 17.4. The third-order valence-electron chi connectivity index (χ3n) is 10.6. The number of para-hydroxylation sites is 4. The fraction of sp³-hybridized carbons (Fsp3) is 0. The van der Waals surface area contributed by atoms with E-state index >= 15 is 0 Å². The van der Waals surface area contributed by atoms with Crippen molar-refractivity contribution in [3.05, 3.63) is 243 Å². The van der Waals surface area contributed by atoms with Gasteiger partial charge in [-0.2, -0.15) is 0 Å². The summed E-state index contributed by atoms with van der Waals surface area (Å²) >= 11 is 0. The van der Waals surface area contributed by atoms with Crippen molar-refractivity contribution in [2.75, 3.05) is 9.80 Å². The van der Waals surface area contributed by atoms with Gasteiger partial charge < -0.3 is 9.80 Å². The highest BCUT2D eigenvalue weighted by molar-refractivity contribution is 5.83. The predicted octanol–water partition coefficient (Wildman–Crippen LogP) is 14.5. The van der Waals surface area contributed by atoms with Gasteiger partial charge in [-0.15, -0.1) is 0 Å². The normalized spacial score (nSPS) is 10.9. The van der Waals surface area contributed by atoms with Gasteiger partial charge in [-0.1, -0.05) is 158 Å². The Hall–Kier alpha value is -8.48. The molecule has 62 heavy (non-hydrogen) atoms. The smallest absolute Gasteiger partial charge is 0.198 e. The largest absolute Gasteiger partial charge is 0.310 e. The molecule has 0 radical (unpaired) electrons. The highest BCUT2D eigenvalue weighted by Gasteiger charge is 2.19. The van der Waals surface area contributed by atoms with E-state index in [0.717, 1.165) is 79.2 Å². The van der Waals surface area contributed by atoms with E-state index in [4.69, 9.17) is 19.9 Å². The number of benzene rings is 8. The van der Waals surface area contributed by atoms with Crippen molar-refractivity contribution >= 4 is 34.1 Å². The second-order valence-corrected chi connectivity index (χ2v) is 14.8. The molecule has 6 nitrogen and oxygen atoms in total. The zero-order chi connectivity index (χ0) is 41.5. The minimum absolute atomic E-state index is 0.425. The number of aromatic nitrogens is 4. The molecule has 0 saturated heterocycles. The first-order valence-corrected chi connectivity index (χ1v) is 20.6. The number of nitrogens with zero attached hydrogens (tertiary/aromatic N) is 6. The molecule has 0 amide bonds. The van der Waals surface area contributed by atoms with Crippen molar-refractivity contribution in [2.24, 2.45) is 0 Å². The molecule has 8 aromatic carbocycles. The van der Waals surface area contributed by atoms with Crippen molar-refractivity contribution < 1.29 is 0 Å². The molecule has 0 bridgehead atoms. The molecule has 0 fully saturated rings. The first kappa shape index (κ1) is 37.8. The van der Waals surface area contributed by atoms with E-state index in [0.29, 0.717) is 11.6 Å². The maximum absolute atomic E-state index is 5.30. The quantitative estimate of drug-likeness (QED) is 0.130. The summed E-state index contributed by atoms with van der Waals surface area (Å²) in [5, 5.41) is 0. The van der Waals surface area contributed by atoms with Gasteiger partial charge in [0.1, 0.15) is 0 Å². The first-order valence-electron chi connectivity index (χ1n) is 20.6. The van der Waals surface area contributed by atoms with Crippen LogP contribution in [0, 0.1) is 0 Å². The Morgan fingerprint density at radius 1 is 0.210 bits per heavy atom. The van der Waals surface area contributed by atoms with Crippen LogP contribution >= 0.6 is 0 Å². The first-order chi connectivity index (χ1) is 30.7. The molecule has 294 valence electrons. The minimum atomic E-state index is 0.425. The van der Waals surface area contributed by atoms with E-state index in [9.17, 15) is 0 Å². The van der Waals surface area contributed by atoms with Crippen LogP contribution < -0.4 is 9.80 Å². The molecule has 0 spiro atoms. The molecule has 10 rings (SSSR count). The van der Waals surface area contributed by atoms with Crippen LogP contribution in [0.5, 0.6) is 0 Å². The van der Waals surface area contributed by atoms with Crippen molar-refractivity contribution in [2.45, 2.75) is 0 Å². The lowest BCUT2D eigenvalue weighted by Gasteiger charge is -2.26. The van der Waals surface area contributed by atoms with E-state index in [1.807, 2.05) is 66.7 Å². The summed E-state index contributed by atoms with van der Waals surface area (Å²) < 4.78 is 0. The van der Waals surface area contributed by atoms with Gasteiger partial charge in [0.15, 0.2) is 11.6 Å². The number of hydrogen-bond donors (Lipinski definition) is 0. The molecule has 0 N–H and O–H groups in total. The van der Waals surface area contributed by atoms with Crippen LogP contribution in [-0.4, -0.2) is 19.9 Å². The van der Waals surface area contributed by atoms with Gasteiger partial charge in [0.25, 0.3) is 0 Å². The molecule has 0 aliphatic carbocycles. The van der Waals surface area contributed by atoms with Crippen molar-refractivity contribution in [1.82, 2.24) is 19.9 Å². The van der Waals surface area contributed by atoms with Gasteiger partial charge in [-0.05, 0) is 84.9 Å². The lowest BCUT2D eigenvalue weighted by Crippen LogP contribution is -2.10. The van der Waals surface area contributed by atoms with E-state index in [-0.39, 0.29) is 0 Å². The van der Waals surface area contributed by atoms with E-state index in [1.54, 1.807) is 0 Å². The summed E-state index contributed by atoms with van der Waals surface area (Å²) in [6, 6.07) is 83.2. The van der Waals surface area contributed by atoms with Crippen molar-refractivity contribution in [1.29, 1.82) is 0 Å². The predicted molar refractivity (Wildman–Crippen MR) is 254 cm³/mol. The second-order valence-electron chi connectivity index (χ2n) is 14.8. The lowest BCUT2D eigenvalue weighted by molar-refractivity contribution is 1.09. The van der Waals surface area contributed by atoms with Crippen molar-refractivity contribution in [3.63, 3.8) is 0 Å². The molecule has 0 unspecified atom stereocenters. The fourth-order valence-electron chi connectivity index (χ4n) is 7.72. The van der Waals surface area contributed by atoms with Crippen LogP contribution in [0.4, 0.5) is 34.1 Å². The van der Waals surface area contributed by atoms with Crippen LogP contribution in [0.15, 0.2) is 243 Å². The number of anilines is 6. The van der Waals surface area contributed by atoms with Crippen LogP contribution in [0.1, 0.15) is 0 Å². The van der Waals surface area contributed by atoms with Crippen LogP contribution in [-0.2, 0) is 0 Å². The molecule has 6 heteroatoms. The third kappa shape index (κ3) is 8.09. The Kier molecular flexibility index (Phi) is 10.6. The van der Waals surface area contributed by atoms with Gasteiger partial charge >= 0.3 is 0 Å². The van der Waals surface area contributed by atoms with Crippen LogP contribution in [0.3, 0.4) is 0 Å². The highest BCUT2D eigenvalue weighted by Crippen LogP contribution is 2.39. The zero-order valence-corrected chi connectivity index (χ0v) is 33.8. The molecule has 0 aliphatic rings. The molecular weight excluding hydrogens is 757 g/mol. The Labute approximate surface area is 361 Å². The molecule has 2 aromatic heterocycles. The fourth-order valence-corrected chi connectivity index (χ4v) is 7.72. The topological polar surface area (TPSA) is 58.0 Å². The maximum atomic E-state index is 5.30. The summed E-state index contributed by atoms with van der Waals surface area (Å²) in [5.74, 6) is 0.861. The average molecular weight is 797 g/mol. The summed E-state index contributed by atoms with van der Waals surface area (Å²) in [7, 11) is 0. The Bertz CT molecular complexity index is 2770. The van der Waals surface area contributed by atoms with Gasteiger partial charge in [0.2, 0.25) is 0 Å². The Morgan fingerprint density at radius 3 is 0.758 bits per heavy atom. The van der Waals surface area contributed by atoms with Gasteiger partial charge in [0, 0.05) is 56.4 Å². The zero-order valence-electron chi connectivity index (χ0n) is 33.8. The Balaban J connectivity index is 1.17. The van der Waals surface area contributed by atoms with Crippen LogP contribution in [0.2, 0.25) is 0 Å². The summed E-state index contributed by atoms with van der Waals surface area (Å²) in [4.78, 5) is 25.5. The molecule has 2 heterocycles. The van der Waals surface area contributed by atoms with Gasteiger partial charge in [-0.25, -0.2) is 19.9 Å². The van der Waals surface area contributed by atoms with E-state index < -0.39 is 0 Å². The number of hydrogen-bond acceptors (Lipinski definition) is 6. The molecule has 0 atom stereocenters. The standard InChI is InChI=1S/C56H40N6/c1-7-21-41(22-8-1)51-39-52(42-23-9-2-10-24-42)58-55(57-51)56-59-53(43-25-19-35-49(37-43)61(45-27-11-3-12-28-45)46-29-13-4-14-30-46)40-54(60-56)44-26-20-36-50(38-44)62(47-31-15-5-16-32-47)48-33-17-6-18-34-48/h1-40H. The molecule has 10 aromatic rings. The van der Waals surface area contributed by atoms with E-state index in [1.165, 1.54) is 0 Å². The number of rotatable bonds is 11. The Morgan fingerprint density at radius 2 is 0.452 bits per heavy atom. The minimum Gasteiger partial charge on any atom is -0.310 e. The summed E-state index contributed by atoms with van der Waals surface area (Å²) in [6.45, 7) is 0. The third-order valence-corrected chi connectivity index (χ3v) is 10.6. The molecular formula is C56H40N6. The highest BCUT2D eigenvalue weighted by atomic mass is 15.1.